The molecular weight excluding hydrogens is 362 g/mol. The molecule has 148 valence electrons. The number of hydrogen-bond donors (Lipinski definition) is 1. The van der Waals surface area contributed by atoms with Gasteiger partial charge in [0.25, 0.3) is 0 Å². The van der Waals surface area contributed by atoms with E-state index in [9.17, 15) is 4.79 Å². The van der Waals surface area contributed by atoms with Crippen LogP contribution in [-0.2, 0) is 4.79 Å². The molecule has 1 amide bonds. The second-order valence-electron chi connectivity index (χ2n) is 7.35. The summed E-state index contributed by atoms with van der Waals surface area (Å²) in [6.45, 7) is 0. The molecule has 0 spiro atoms. The summed E-state index contributed by atoms with van der Waals surface area (Å²) in [5.41, 5.74) is 4.50. The van der Waals surface area contributed by atoms with E-state index in [1.165, 1.54) is 5.56 Å². The van der Waals surface area contributed by atoms with Crippen LogP contribution in [0.1, 0.15) is 35.9 Å². The largest absolute Gasteiger partial charge is 0.497 e. The van der Waals surface area contributed by atoms with Crippen molar-refractivity contribution in [1.82, 2.24) is 5.32 Å². The van der Waals surface area contributed by atoms with E-state index in [-0.39, 0.29) is 17.9 Å². The number of rotatable bonds is 5. The van der Waals surface area contributed by atoms with Crippen LogP contribution in [0.5, 0.6) is 11.5 Å². The number of carbonyl (C=O) groups is 1. The normalized spacial score (nSPS) is 18.8. The number of carbonyl (C=O) groups excluding carboxylic acids is 1. The fourth-order valence-corrected chi connectivity index (χ4v) is 4.08. The molecule has 0 saturated carbocycles. The van der Waals surface area contributed by atoms with Crippen molar-refractivity contribution in [3.63, 3.8) is 0 Å². The zero-order chi connectivity index (χ0) is 20.2. The summed E-state index contributed by atoms with van der Waals surface area (Å²) in [7, 11) is 3.34. The van der Waals surface area contributed by atoms with Crippen molar-refractivity contribution in [2.75, 3.05) is 14.2 Å². The van der Waals surface area contributed by atoms with Crippen LogP contribution in [0, 0.1) is 0 Å². The Morgan fingerprint density at radius 1 is 0.862 bits per heavy atom. The Bertz CT molecular complexity index is 983. The molecule has 1 N–H and O–H groups in total. The molecule has 1 aliphatic rings. The molecule has 1 aliphatic heterocycles. The molecule has 4 heteroatoms. The third-order valence-electron chi connectivity index (χ3n) is 5.59. The van der Waals surface area contributed by atoms with E-state index in [1.807, 2.05) is 36.4 Å². The van der Waals surface area contributed by atoms with Crippen molar-refractivity contribution in [3.05, 3.63) is 83.9 Å². The van der Waals surface area contributed by atoms with Gasteiger partial charge in [-0.15, -0.1) is 0 Å². The van der Waals surface area contributed by atoms with E-state index in [1.54, 1.807) is 14.2 Å². The molecule has 3 aromatic rings. The summed E-state index contributed by atoms with van der Waals surface area (Å²) in [5.74, 6) is 1.85. The third-order valence-corrected chi connectivity index (χ3v) is 5.59. The summed E-state index contributed by atoms with van der Waals surface area (Å²) >= 11 is 0. The molecule has 0 aliphatic carbocycles. The van der Waals surface area contributed by atoms with Gasteiger partial charge in [0.2, 0.25) is 5.91 Å². The Labute approximate surface area is 171 Å². The van der Waals surface area contributed by atoms with Gasteiger partial charge in [-0.2, -0.15) is 0 Å². The van der Waals surface area contributed by atoms with Crippen LogP contribution in [0.2, 0.25) is 0 Å². The maximum Gasteiger partial charge on any atom is 0.221 e. The van der Waals surface area contributed by atoms with Gasteiger partial charge in [-0.05, 0) is 58.9 Å². The fourth-order valence-electron chi connectivity index (χ4n) is 4.08. The van der Waals surface area contributed by atoms with Crippen molar-refractivity contribution in [2.45, 2.75) is 24.8 Å². The predicted molar refractivity (Wildman–Crippen MR) is 114 cm³/mol. The lowest BCUT2D eigenvalue weighted by Gasteiger charge is -2.31. The second kappa shape index (κ2) is 8.39. The van der Waals surface area contributed by atoms with Gasteiger partial charge in [0, 0.05) is 6.42 Å². The molecule has 2 atom stereocenters. The standard InChI is InChI=1S/C25H25NO3/c1-28-20-10-8-17(9-11-20)23-16-21(29-2)12-13-22(23)19-14-24(26-25(27)15-19)18-6-4-3-5-7-18/h3-13,16,19,24H,14-15H2,1-2H3,(H,26,27). The third kappa shape index (κ3) is 4.11. The highest BCUT2D eigenvalue weighted by atomic mass is 16.5. The molecular formula is C25H25NO3. The van der Waals surface area contributed by atoms with Crippen LogP contribution in [-0.4, -0.2) is 20.1 Å². The van der Waals surface area contributed by atoms with Crippen molar-refractivity contribution in [1.29, 1.82) is 0 Å². The van der Waals surface area contributed by atoms with Crippen LogP contribution in [0.3, 0.4) is 0 Å². The minimum absolute atomic E-state index is 0.0215. The highest BCUT2D eigenvalue weighted by molar-refractivity contribution is 5.80. The number of methoxy groups -OCH3 is 2. The van der Waals surface area contributed by atoms with Crippen molar-refractivity contribution in [2.24, 2.45) is 0 Å². The minimum Gasteiger partial charge on any atom is -0.497 e. The number of benzene rings is 3. The lowest BCUT2D eigenvalue weighted by atomic mass is 9.80. The molecule has 1 heterocycles. The lowest BCUT2D eigenvalue weighted by Crippen LogP contribution is -2.36. The summed E-state index contributed by atoms with van der Waals surface area (Å²) in [5, 5.41) is 3.15. The van der Waals surface area contributed by atoms with E-state index in [4.69, 9.17) is 9.47 Å². The summed E-state index contributed by atoms with van der Waals surface area (Å²) in [6, 6.07) is 24.4. The van der Waals surface area contributed by atoms with Gasteiger partial charge in [-0.1, -0.05) is 48.5 Å². The predicted octanol–water partition coefficient (Wildman–Crippen LogP) is 5.11. The smallest absolute Gasteiger partial charge is 0.221 e. The average molecular weight is 387 g/mol. The Morgan fingerprint density at radius 2 is 1.55 bits per heavy atom. The number of piperidine rings is 1. The van der Waals surface area contributed by atoms with Gasteiger partial charge >= 0.3 is 0 Å². The topological polar surface area (TPSA) is 47.6 Å². The lowest BCUT2D eigenvalue weighted by molar-refractivity contribution is -0.123. The Balaban J connectivity index is 1.72. The Morgan fingerprint density at radius 3 is 2.24 bits per heavy atom. The first-order valence-electron chi connectivity index (χ1n) is 9.84. The zero-order valence-electron chi connectivity index (χ0n) is 16.7. The molecule has 3 aromatic carbocycles. The summed E-state index contributed by atoms with van der Waals surface area (Å²) in [4.78, 5) is 12.5. The molecule has 4 nitrogen and oxygen atoms in total. The van der Waals surface area contributed by atoms with E-state index < -0.39 is 0 Å². The first kappa shape index (κ1) is 19.1. The monoisotopic (exact) mass is 387 g/mol. The number of amides is 1. The van der Waals surface area contributed by atoms with Crippen molar-refractivity contribution in [3.8, 4) is 22.6 Å². The maximum atomic E-state index is 12.5. The van der Waals surface area contributed by atoms with Gasteiger partial charge in [-0.3, -0.25) is 4.79 Å². The minimum atomic E-state index is 0.0215. The van der Waals surface area contributed by atoms with E-state index in [2.05, 4.69) is 41.7 Å². The second-order valence-corrected chi connectivity index (χ2v) is 7.35. The van der Waals surface area contributed by atoms with Crippen LogP contribution >= 0.6 is 0 Å². The van der Waals surface area contributed by atoms with Gasteiger partial charge in [-0.25, -0.2) is 0 Å². The number of nitrogens with one attached hydrogen (secondary N) is 1. The zero-order valence-corrected chi connectivity index (χ0v) is 16.7. The van der Waals surface area contributed by atoms with Crippen LogP contribution in [0.15, 0.2) is 72.8 Å². The molecule has 1 fully saturated rings. The van der Waals surface area contributed by atoms with Gasteiger partial charge in [0.15, 0.2) is 0 Å². The van der Waals surface area contributed by atoms with E-state index >= 15 is 0 Å². The van der Waals surface area contributed by atoms with Crippen LogP contribution in [0.25, 0.3) is 11.1 Å². The fraction of sp³-hybridized carbons (Fsp3) is 0.240. The van der Waals surface area contributed by atoms with E-state index in [0.717, 1.165) is 34.6 Å². The molecule has 4 rings (SSSR count). The Kier molecular flexibility index (Phi) is 5.52. The number of hydrogen-bond acceptors (Lipinski definition) is 3. The number of ether oxygens (including phenoxy) is 2. The molecule has 2 unspecified atom stereocenters. The van der Waals surface area contributed by atoms with Crippen molar-refractivity contribution < 1.29 is 14.3 Å². The molecule has 0 radical (unpaired) electrons. The van der Waals surface area contributed by atoms with Crippen molar-refractivity contribution >= 4 is 5.91 Å². The molecule has 0 aromatic heterocycles. The van der Waals surface area contributed by atoms with Gasteiger partial charge < -0.3 is 14.8 Å². The molecule has 1 saturated heterocycles. The Hall–Kier alpha value is -3.27. The first-order chi connectivity index (χ1) is 14.2. The van der Waals surface area contributed by atoms with Crippen LogP contribution in [0.4, 0.5) is 0 Å². The highest BCUT2D eigenvalue weighted by Gasteiger charge is 2.30. The van der Waals surface area contributed by atoms with E-state index in [0.29, 0.717) is 6.42 Å². The van der Waals surface area contributed by atoms with Gasteiger partial charge in [0.05, 0.1) is 20.3 Å². The molecule has 0 bridgehead atoms. The SMILES string of the molecule is COc1ccc(-c2cc(OC)ccc2C2CC(=O)NC(c3ccccc3)C2)cc1. The molecule has 29 heavy (non-hydrogen) atoms. The maximum absolute atomic E-state index is 12.5. The van der Waals surface area contributed by atoms with Crippen LogP contribution < -0.4 is 14.8 Å². The van der Waals surface area contributed by atoms with Gasteiger partial charge in [0.1, 0.15) is 11.5 Å². The summed E-state index contributed by atoms with van der Waals surface area (Å²) < 4.78 is 10.8. The first-order valence-corrected chi connectivity index (χ1v) is 9.84. The average Bonchev–Trinajstić information content (AvgIpc) is 2.79. The summed E-state index contributed by atoms with van der Waals surface area (Å²) in [6.07, 6.45) is 1.35. The quantitative estimate of drug-likeness (QED) is 0.662. The highest BCUT2D eigenvalue weighted by Crippen LogP contribution is 2.40.